The number of benzene rings is 1. The lowest BCUT2D eigenvalue weighted by atomic mass is 9.86. The molecule has 20 heavy (non-hydrogen) atoms. The minimum atomic E-state index is -0.753. The average molecular weight is 274 g/mol. The van der Waals surface area contributed by atoms with Crippen molar-refractivity contribution in [3.63, 3.8) is 0 Å². The summed E-state index contributed by atoms with van der Waals surface area (Å²) in [5.41, 5.74) is 8.25. The van der Waals surface area contributed by atoms with Crippen LogP contribution in [0.15, 0.2) is 24.3 Å². The van der Waals surface area contributed by atoms with Gasteiger partial charge in [-0.1, -0.05) is 44.5 Å². The number of nitrogens with two attached hydrogens (primary N) is 1. The largest absolute Gasteiger partial charge is 0.354 e. The van der Waals surface area contributed by atoms with Crippen LogP contribution >= 0.6 is 0 Å². The van der Waals surface area contributed by atoms with E-state index in [1.165, 1.54) is 11.1 Å². The molecule has 0 fully saturated rings. The van der Waals surface area contributed by atoms with E-state index >= 15 is 0 Å². The third-order valence-corrected chi connectivity index (χ3v) is 4.32. The molecule has 1 amide bonds. The number of carbonyl (C=O) groups excluding carboxylic acids is 1. The first kappa shape index (κ1) is 15.0. The standard InChI is InChI=1S/C17H26N2O/c1-4-9-17(3,18)15(20)19-12-16(2)10-13-7-5-6-8-14(13)11-16/h5-8H,4,9-12,18H2,1-3H3,(H,19,20). The van der Waals surface area contributed by atoms with Crippen LogP contribution in [-0.2, 0) is 17.6 Å². The van der Waals surface area contributed by atoms with Gasteiger partial charge in [0.25, 0.3) is 0 Å². The first-order valence-corrected chi connectivity index (χ1v) is 7.50. The van der Waals surface area contributed by atoms with Gasteiger partial charge in [-0.3, -0.25) is 4.79 Å². The van der Waals surface area contributed by atoms with E-state index in [0.29, 0.717) is 6.54 Å². The molecule has 0 aliphatic heterocycles. The highest BCUT2D eigenvalue weighted by atomic mass is 16.2. The molecule has 1 aromatic rings. The van der Waals surface area contributed by atoms with Crippen LogP contribution in [-0.4, -0.2) is 18.0 Å². The lowest BCUT2D eigenvalue weighted by molar-refractivity contribution is -0.126. The lowest BCUT2D eigenvalue weighted by Crippen LogP contribution is -2.53. The first-order valence-electron chi connectivity index (χ1n) is 7.50. The lowest BCUT2D eigenvalue weighted by Gasteiger charge is -2.28. The number of hydrogen-bond acceptors (Lipinski definition) is 2. The van der Waals surface area contributed by atoms with Gasteiger partial charge in [0.1, 0.15) is 0 Å². The highest BCUT2D eigenvalue weighted by Gasteiger charge is 2.35. The minimum Gasteiger partial charge on any atom is -0.354 e. The van der Waals surface area contributed by atoms with E-state index in [4.69, 9.17) is 5.73 Å². The second-order valence-electron chi connectivity index (χ2n) is 6.78. The molecule has 0 aromatic heterocycles. The van der Waals surface area contributed by atoms with E-state index in [2.05, 4.69) is 36.5 Å². The SMILES string of the molecule is CCCC(C)(N)C(=O)NCC1(C)Cc2ccccc2C1. The first-order chi connectivity index (χ1) is 9.36. The quantitative estimate of drug-likeness (QED) is 0.866. The summed E-state index contributed by atoms with van der Waals surface area (Å²) in [5.74, 6) is -0.0310. The van der Waals surface area contributed by atoms with Crippen molar-refractivity contribution in [3.8, 4) is 0 Å². The highest BCUT2D eigenvalue weighted by molar-refractivity contribution is 5.85. The van der Waals surface area contributed by atoms with Crippen LogP contribution in [0.5, 0.6) is 0 Å². The molecule has 3 N–H and O–H groups in total. The van der Waals surface area contributed by atoms with E-state index in [1.807, 2.05) is 13.8 Å². The maximum absolute atomic E-state index is 12.2. The van der Waals surface area contributed by atoms with Crippen molar-refractivity contribution in [2.24, 2.45) is 11.1 Å². The van der Waals surface area contributed by atoms with Crippen LogP contribution in [0, 0.1) is 5.41 Å². The maximum atomic E-state index is 12.2. The van der Waals surface area contributed by atoms with Gasteiger partial charge in [-0.25, -0.2) is 0 Å². The van der Waals surface area contributed by atoms with Crippen LogP contribution < -0.4 is 11.1 Å². The molecule has 0 spiro atoms. The second kappa shape index (κ2) is 5.57. The van der Waals surface area contributed by atoms with E-state index in [9.17, 15) is 4.79 Å². The molecule has 0 bridgehead atoms. The third-order valence-electron chi connectivity index (χ3n) is 4.32. The molecule has 1 aliphatic carbocycles. The van der Waals surface area contributed by atoms with Crippen molar-refractivity contribution >= 4 is 5.91 Å². The molecule has 2 rings (SSSR count). The zero-order valence-corrected chi connectivity index (χ0v) is 12.8. The molecule has 110 valence electrons. The van der Waals surface area contributed by atoms with E-state index in [0.717, 1.165) is 25.7 Å². The Morgan fingerprint density at radius 3 is 2.40 bits per heavy atom. The summed E-state index contributed by atoms with van der Waals surface area (Å²) >= 11 is 0. The summed E-state index contributed by atoms with van der Waals surface area (Å²) in [7, 11) is 0. The van der Waals surface area contributed by atoms with Gasteiger partial charge in [0.2, 0.25) is 5.91 Å². The summed E-state index contributed by atoms with van der Waals surface area (Å²) in [6.07, 6.45) is 3.69. The Hall–Kier alpha value is -1.35. The van der Waals surface area contributed by atoms with Gasteiger partial charge in [-0.15, -0.1) is 0 Å². The number of fused-ring (bicyclic) bond motifs is 1. The third kappa shape index (κ3) is 3.21. The summed E-state index contributed by atoms with van der Waals surface area (Å²) in [4.78, 5) is 12.2. The van der Waals surface area contributed by atoms with Gasteiger partial charge in [0.05, 0.1) is 5.54 Å². The van der Waals surface area contributed by atoms with Crippen LogP contribution in [0.4, 0.5) is 0 Å². The maximum Gasteiger partial charge on any atom is 0.239 e. The van der Waals surface area contributed by atoms with Crippen molar-refractivity contribution < 1.29 is 4.79 Å². The molecule has 0 saturated carbocycles. The Labute approximate surface area is 121 Å². The number of nitrogens with one attached hydrogen (secondary N) is 1. The Balaban J connectivity index is 1.94. The van der Waals surface area contributed by atoms with E-state index in [-0.39, 0.29) is 11.3 Å². The van der Waals surface area contributed by atoms with Gasteiger partial charge in [0.15, 0.2) is 0 Å². The normalized spacial score (nSPS) is 19.2. The molecule has 0 heterocycles. The molecule has 3 nitrogen and oxygen atoms in total. The van der Waals surface area contributed by atoms with E-state index < -0.39 is 5.54 Å². The molecule has 1 aromatic carbocycles. The van der Waals surface area contributed by atoms with Gasteiger partial charge in [-0.05, 0) is 42.7 Å². The number of rotatable bonds is 5. The number of hydrogen-bond donors (Lipinski definition) is 2. The van der Waals surface area contributed by atoms with Crippen molar-refractivity contribution in [2.45, 2.75) is 52.0 Å². The highest BCUT2D eigenvalue weighted by Crippen LogP contribution is 2.36. The van der Waals surface area contributed by atoms with Gasteiger partial charge < -0.3 is 11.1 Å². The summed E-state index contributed by atoms with van der Waals surface area (Å²) in [5, 5.41) is 3.06. The molecule has 1 aliphatic rings. The zero-order chi connectivity index (χ0) is 14.8. The van der Waals surface area contributed by atoms with E-state index in [1.54, 1.807) is 0 Å². The zero-order valence-electron chi connectivity index (χ0n) is 12.8. The Bertz CT molecular complexity index is 469. The molecule has 1 atom stereocenters. The van der Waals surface area contributed by atoms with Crippen LogP contribution in [0.25, 0.3) is 0 Å². The van der Waals surface area contributed by atoms with Crippen molar-refractivity contribution in [1.82, 2.24) is 5.32 Å². The Morgan fingerprint density at radius 2 is 1.90 bits per heavy atom. The van der Waals surface area contributed by atoms with Crippen molar-refractivity contribution in [2.75, 3.05) is 6.54 Å². The fourth-order valence-corrected chi connectivity index (χ4v) is 3.14. The van der Waals surface area contributed by atoms with Crippen molar-refractivity contribution in [1.29, 1.82) is 0 Å². The smallest absolute Gasteiger partial charge is 0.239 e. The van der Waals surface area contributed by atoms with Crippen LogP contribution in [0.2, 0.25) is 0 Å². The molecule has 3 heteroatoms. The topological polar surface area (TPSA) is 55.1 Å². The predicted molar refractivity (Wildman–Crippen MR) is 82.5 cm³/mol. The van der Waals surface area contributed by atoms with Gasteiger partial charge >= 0.3 is 0 Å². The van der Waals surface area contributed by atoms with Gasteiger partial charge in [0, 0.05) is 6.54 Å². The minimum absolute atomic E-state index is 0.0310. The number of carbonyl (C=O) groups is 1. The van der Waals surface area contributed by atoms with Crippen molar-refractivity contribution in [3.05, 3.63) is 35.4 Å². The Morgan fingerprint density at radius 1 is 1.35 bits per heavy atom. The van der Waals surface area contributed by atoms with Gasteiger partial charge in [-0.2, -0.15) is 0 Å². The van der Waals surface area contributed by atoms with Crippen LogP contribution in [0.1, 0.15) is 44.7 Å². The summed E-state index contributed by atoms with van der Waals surface area (Å²) in [6.45, 7) is 6.79. The molecular formula is C17H26N2O. The molecule has 1 unspecified atom stereocenters. The Kier molecular flexibility index (Phi) is 4.19. The fraction of sp³-hybridized carbons (Fsp3) is 0.588. The summed E-state index contributed by atoms with van der Waals surface area (Å²) < 4.78 is 0. The molecule has 0 saturated heterocycles. The average Bonchev–Trinajstić information content (AvgIpc) is 2.72. The molecule has 0 radical (unpaired) electrons. The monoisotopic (exact) mass is 274 g/mol. The number of amides is 1. The fourth-order valence-electron chi connectivity index (χ4n) is 3.14. The van der Waals surface area contributed by atoms with Crippen LogP contribution in [0.3, 0.4) is 0 Å². The summed E-state index contributed by atoms with van der Waals surface area (Å²) in [6, 6.07) is 8.54. The second-order valence-corrected chi connectivity index (χ2v) is 6.78. The molecular weight excluding hydrogens is 248 g/mol. The predicted octanol–water partition coefficient (Wildman–Crippen LogP) is 2.43.